The predicted octanol–water partition coefficient (Wildman–Crippen LogP) is 3.03. The normalized spacial score (nSPS) is 11.1. The van der Waals surface area contributed by atoms with Gasteiger partial charge in [0.15, 0.2) is 0 Å². The SMILES string of the molecule is CCN(CC)CCn1c(NC(=O)c2ccc(OC)nc2)nc2ccccc21. The minimum absolute atomic E-state index is 0.246. The van der Waals surface area contributed by atoms with E-state index in [9.17, 15) is 4.79 Å². The lowest BCUT2D eigenvalue weighted by Crippen LogP contribution is -2.27. The average Bonchev–Trinajstić information content (AvgIpc) is 3.06. The number of nitrogens with one attached hydrogen (secondary N) is 1. The van der Waals surface area contributed by atoms with Gasteiger partial charge in [0.2, 0.25) is 11.8 Å². The van der Waals surface area contributed by atoms with Crippen molar-refractivity contribution in [1.29, 1.82) is 0 Å². The Morgan fingerprint density at radius 3 is 2.63 bits per heavy atom. The first-order valence-electron chi connectivity index (χ1n) is 9.15. The van der Waals surface area contributed by atoms with Crippen molar-refractivity contribution in [2.75, 3.05) is 32.1 Å². The number of aromatic nitrogens is 3. The van der Waals surface area contributed by atoms with Gasteiger partial charge in [0.1, 0.15) is 0 Å². The van der Waals surface area contributed by atoms with Gasteiger partial charge in [-0.3, -0.25) is 10.1 Å². The number of nitrogens with zero attached hydrogens (tertiary/aromatic N) is 4. The Morgan fingerprint density at radius 2 is 1.96 bits per heavy atom. The van der Waals surface area contributed by atoms with E-state index < -0.39 is 0 Å². The van der Waals surface area contributed by atoms with Gasteiger partial charge < -0.3 is 14.2 Å². The molecule has 0 atom stereocenters. The lowest BCUT2D eigenvalue weighted by atomic mass is 10.3. The summed E-state index contributed by atoms with van der Waals surface area (Å²) in [6.45, 7) is 7.91. The van der Waals surface area contributed by atoms with Gasteiger partial charge in [-0.25, -0.2) is 9.97 Å². The number of hydrogen-bond acceptors (Lipinski definition) is 5. The van der Waals surface area contributed by atoms with Crippen LogP contribution in [-0.2, 0) is 6.54 Å². The maximum absolute atomic E-state index is 12.6. The molecule has 3 rings (SSSR count). The van der Waals surface area contributed by atoms with Crippen LogP contribution in [0.1, 0.15) is 24.2 Å². The van der Waals surface area contributed by atoms with E-state index in [1.807, 2.05) is 24.3 Å². The van der Waals surface area contributed by atoms with Gasteiger partial charge in [-0.15, -0.1) is 0 Å². The molecule has 2 aromatic heterocycles. The number of carbonyl (C=O) groups is 1. The highest BCUT2D eigenvalue weighted by atomic mass is 16.5. The fourth-order valence-electron chi connectivity index (χ4n) is 2.99. The number of ether oxygens (including phenoxy) is 1. The van der Waals surface area contributed by atoms with Crippen LogP contribution in [0.25, 0.3) is 11.0 Å². The van der Waals surface area contributed by atoms with Crippen molar-refractivity contribution in [2.24, 2.45) is 0 Å². The van der Waals surface area contributed by atoms with Crippen LogP contribution in [0.5, 0.6) is 5.88 Å². The van der Waals surface area contributed by atoms with E-state index in [-0.39, 0.29) is 5.91 Å². The zero-order chi connectivity index (χ0) is 19.2. The zero-order valence-electron chi connectivity index (χ0n) is 16.0. The fourth-order valence-corrected chi connectivity index (χ4v) is 2.99. The van der Waals surface area contributed by atoms with Gasteiger partial charge in [0.05, 0.1) is 23.7 Å². The molecule has 0 aliphatic carbocycles. The van der Waals surface area contributed by atoms with Crippen LogP contribution < -0.4 is 10.1 Å². The Morgan fingerprint density at radius 1 is 1.19 bits per heavy atom. The molecule has 27 heavy (non-hydrogen) atoms. The van der Waals surface area contributed by atoms with Crippen molar-refractivity contribution in [3.63, 3.8) is 0 Å². The number of methoxy groups -OCH3 is 1. The number of benzene rings is 1. The molecular formula is C20H25N5O2. The Hall–Kier alpha value is -2.93. The van der Waals surface area contributed by atoms with Crippen molar-refractivity contribution < 1.29 is 9.53 Å². The molecule has 0 saturated carbocycles. The summed E-state index contributed by atoms with van der Waals surface area (Å²) in [5, 5.41) is 2.93. The van der Waals surface area contributed by atoms with Crippen LogP contribution in [0.3, 0.4) is 0 Å². The van der Waals surface area contributed by atoms with Crippen LogP contribution in [0.4, 0.5) is 5.95 Å². The van der Waals surface area contributed by atoms with Gasteiger partial charge >= 0.3 is 0 Å². The van der Waals surface area contributed by atoms with E-state index in [1.165, 1.54) is 6.20 Å². The minimum atomic E-state index is -0.246. The van der Waals surface area contributed by atoms with Gasteiger partial charge in [0, 0.05) is 25.4 Å². The molecule has 7 heteroatoms. The van der Waals surface area contributed by atoms with Crippen LogP contribution in [-0.4, -0.2) is 52.1 Å². The lowest BCUT2D eigenvalue weighted by Gasteiger charge is -2.19. The summed E-state index contributed by atoms with van der Waals surface area (Å²) in [6, 6.07) is 11.3. The highest BCUT2D eigenvalue weighted by Gasteiger charge is 2.15. The standard InChI is InChI=1S/C20H25N5O2/c1-4-24(5-2)12-13-25-17-9-7-6-8-16(17)22-20(25)23-19(26)15-10-11-18(27-3)21-14-15/h6-11,14H,4-5,12-13H2,1-3H3,(H,22,23,26). The maximum Gasteiger partial charge on any atom is 0.259 e. The zero-order valence-corrected chi connectivity index (χ0v) is 16.0. The molecule has 0 aliphatic heterocycles. The molecule has 142 valence electrons. The number of hydrogen-bond donors (Lipinski definition) is 1. The summed E-state index contributed by atoms with van der Waals surface area (Å²) >= 11 is 0. The van der Waals surface area contributed by atoms with Crippen molar-refractivity contribution >= 4 is 22.9 Å². The summed E-state index contributed by atoms with van der Waals surface area (Å²) in [5.41, 5.74) is 2.33. The minimum Gasteiger partial charge on any atom is -0.481 e. The molecule has 0 aliphatic rings. The molecule has 0 unspecified atom stereocenters. The molecule has 0 saturated heterocycles. The predicted molar refractivity (Wildman–Crippen MR) is 106 cm³/mol. The first-order chi connectivity index (χ1) is 13.2. The highest BCUT2D eigenvalue weighted by Crippen LogP contribution is 2.20. The number of rotatable bonds is 8. The molecule has 1 N–H and O–H groups in total. The van der Waals surface area contributed by atoms with E-state index in [4.69, 9.17) is 4.74 Å². The summed E-state index contributed by atoms with van der Waals surface area (Å²) in [4.78, 5) is 23.7. The molecular weight excluding hydrogens is 342 g/mol. The Bertz CT molecular complexity index is 900. The van der Waals surface area contributed by atoms with Gasteiger partial charge in [0.25, 0.3) is 5.91 Å². The maximum atomic E-state index is 12.6. The first kappa shape index (κ1) is 18.8. The number of likely N-dealkylation sites (N-methyl/N-ethyl adjacent to an activating group) is 1. The number of carbonyl (C=O) groups excluding carboxylic acids is 1. The fraction of sp³-hybridized carbons (Fsp3) is 0.350. The van der Waals surface area contributed by atoms with Gasteiger partial charge in [-0.1, -0.05) is 26.0 Å². The molecule has 7 nitrogen and oxygen atoms in total. The number of pyridine rings is 1. The Labute approximate surface area is 159 Å². The van der Waals surface area contributed by atoms with Gasteiger partial charge in [-0.2, -0.15) is 0 Å². The molecule has 1 aromatic carbocycles. The second-order valence-corrected chi connectivity index (χ2v) is 6.15. The Balaban J connectivity index is 1.85. The molecule has 0 radical (unpaired) electrons. The number of anilines is 1. The number of amides is 1. The third-order valence-corrected chi connectivity index (χ3v) is 4.62. The summed E-state index contributed by atoms with van der Waals surface area (Å²) in [6.07, 6.45) is 1.50. The van der Waals surface area contributed by atoms with E-state index in [1.54, 1.807) is 19.2 Å². The first-order valence-corrected chi connectivity index (χ1v) is 9.15. The second-order valence-electron chi connectivity index (χ2n) is 6.15. The lowest BCUT2D eigenvalue weighted by molar-refractivity contribution is 0.102. The molecule has 0 spiro atoms. The third-order valence-electron chi connectivity index (χ3n) is 4.62. The van der Waals surface area contributed by atoms with Crippen molar-refractivity contribution in [2.45, 2.75) is 20.4 Å². The van der Waals surface area contributed by atoms with Crippen LogP contribution in [0, 0.1) is 0 Å². The molecule has 3 aromatic rings. The van der Waals surface area contributed by atoms with Crippen molar-refractivity contribution in [3.05, 3.63) is 48.2 Å². The molecule has 2 heterocycles. The Kier molecular flexibility index (Phi) is 6.03. The smallest absolute Gasteiger partial charge is 0.259 e. The summed E-state index contributed by atoms with van der Waals surface area (Å²) in [5.74, 6) is 0.770. The summed E-state index contributed by atoms with van der Waals surface area (Å²) in [7, 11) is 1.54. The van der Waals surface area contributed by atoms with E-state index in [2.05, 4.69) is 38.6 Å². The van der Waals surface area contributed by atoms with Gasteiger partial charge in [-0.05, 0) is 31.3 Å². The van der Waals surface area contributed by atoms with Crippen molar-refractivity contribution in [3.8, 4) is 5.88 Å². The van der Waals surface area contributed by atoms with Crippen molar-refractivity contribution in [1.82, 2.24) is 19.4 Å². The number of imidazole rings is 1. The molecule has 0 bridgehead atoms. The van der Waals surface area contributed by atoms with E-state index in [0.29, 0.717) is 17.4 Å². The van der Waals surface area contributed by atoms with E-state index >= 15 is 0 Å². The van der Waals surface area contributed by atoms with Crippen LogP contribution in [0.15, 0.2) is 42.6 Å². The topological polar surface area (TPSA) is 72.3 Å². The van der Waals surface area contributed by atoms with Crippen LogP contribution >= 0.6 is 0 Å². The quantitative estimate of drug-likeness (QED) is 0.662. The molecule has 0 fully saturated rings. The third kappa shape index (κ3) is 4.25. The monoisotopic (exact) mass is 367 g/mol. The average molecular weight is 367 g/mol. The second kappa shape index (κ2) is 8.64. The van der Waals surface area contributed by atoms with E-state index in [0.717, 1.165) is 37.2 Å². The molecule has 1 amide bonds. The van der Waals surface area contributed by atoms with Crippen LogP contribution in [0.2, 0.25) is 0 Å². The summed E-state index contributed by atoms with van der Waals surface area (Å²) < 4.78 is 7.10. The highest BCUT2D eigenvalue weighted by molar-refractivity contribution is 6.03. The largest absolute Gasteiger partial charge is 0.481 e. The number of para-hydroxylation sites is 2. The number of fused-ring (bicyclic) bond motifs is 1.